The Morgan fingerprint density at radius 1 is 1.56 bits per heavy atom. The van der Waals surface area contributed by atoms with Crippen molar-refractivity contribution in [3.05, 3.63) is 16.1 Å². The molecule has 2 nitrogen and oxygen atoms in total. The van der Waals surface area contributed by atoms with E-state index in [9.17, 15) is 0 Å². The number of hydrogen-bond acceptors (Lipinski definition) is 3. The predicted molar refractivity (Wildman–Crippen MR) is 77.7 cm³/mol. The zero-order valence-electron chi connectivity index (χ0n) is 11.6. The number of ether oxygens (including phenoxy) is 1. The van der Waals surface area contributed by atoms with Crippen LogP contribution >= 0.6 is 22.9 Å². The zero-order valence-corrected chi connectivity index (χ0v) is 13.2. The molecule has 2 atom stereocenters. The van der Waals surface area contributed by atoms with Gasteiger partial charge in [0.15, 0.2) is 0 Å². The average molecular weight is 288 g/mol. The highest BCUT2D eigenvalue weighted by Crippen LogP contribution is 2.40. The standard InChI is InChI=1S/C14H22ClNOS/c1-10-14(9-15,5-6-17-10)7-12-16-11(8-18-12)13(2,3)4/h8,10H,5-7,9H2,1-4H3. The molecule has 2 unspecified atom stereocenters. The van der Waals surface area contributed by atoms with E-state index < -0.39 is 0 Å². The van der Waals surface area contributed by atoms with Crippen LogP contribution in [0.2, 0.25) is 0 Å². The SMILES string of the molecule is CC1OCCC1(CCl)Cc1nc(C(C)(C)C)cs1. The first-order valence-corrected chi connectivity index (χ1v) is 7.91. The summed E-state index contributed by atoms with van der Waals surface area (Å²) in [7, 11) is 0. The van der Waals surface area contributed by atoms with Crippen molar-refractivity contribution in [2.24, 2.45) is 5.41 Å². The van der Waals surface area contributed by atoms with E-state index in [1.54, 1.807) is 11.3 Å². The van der Waals surface area contributed by atoms with Gasteiger partial charge in [-0.15, -0.1) is 22.9 Å². The molecule has 0 N–H and O–H groups in total. The highest BCUT2D eigenvalue weighted by Gasteiger charge is 2.41. The molecule has 1 aromatic heterocycles. The summed E-state index contributed by atoms with van der Waals surface area (Å²) in [6, 6.07) is 0. The zero-order chi connectivity index (χ0) is 13.4. The second-order valence-electron chi connectivity index (χ2n) is 6.31. The molecule has 1 fully saturated rings. The third kappa shape index (κ3) is 2.73. The maximum atomic E-state index is 6.20. The Morgan fingerprint density at radius 2 is 2.28 bits per heavy atom. The Kier molecular flexibility index (Phi) is 4.05. The third-order valence-electron chi connectivity index (χ3n) is 3.92. The second kappa shape index (κ2) is 5.10. The highest BCUT2D eigenvalue weighted by molar-refractivity contribution is 7.09. The van der Waals surface area contributed by atoms with Crippen LogP contribution in [-0.4, -0.2) is 23.6 Å². The van der Waals surface area contributed by atoms with E-state index in [-0.39, 0.29) is 16.9 Å². The largest absolute Gasteiger partial charge is 0.378 e. The van der Waals surface area contributed by atoms with Gasteiger partial charge in [0.05, 0.1) is 16.8 Å². The van der Waals surface area contributed by atoms with Gasteiger partial charge in [0.2, 0.25) is 0 Å². The van der Waals surface area contributed by atoms with Crippen LogP contribution < -0.4 is 0 Å². The van der Waals surface area contributed by atoms with E-state index in [1.165, 1.54) is 10.7 Å². The van der Waals surface area contributed by atoms with Gasteiger partial charge >= 0.3 is 0 Å². The highest BCUT2D eigenvalue weighted by atomic mass is 35.5. The molecule has 4 heteroatoms. The molecule has 0 aliphatic carbocycles. The van der Waals surface area contributed by atoms with Gasteiger partial charge in [0.25, 0.3) is 0 Å². The molecule has 0 saturated carbocycles. The summed E-state index contributed by atoms with van der Waals surface area (Å²) in [6.07, 6.45) is 2.22. The maximum Gasteiger partial charge on any atom is 0.0935 e. The summed E-state index contributed by atoms with van der Waals surface area (Å²) in [6.45, 7) is 9.55. The Morgan fingerprint density at radius 3 is 2.72 bits per heavy atom. The first-order chi connectivity index (χ1) is 8.37. The fourth-order valence-electron chi connectivity index (χ4n) is 2.31. The minimum absolute atomic E-state index is 0.0779. The summed E-state index contributed by atoms with van der Waals surface area (Å²) in [4.78, 5) is 4.78. The van der Waals surface area contributed by atoms with Gasteiger partial charge in [0, 0.05) is 35.1 Å². The Labute approximate surface area is 119 Å². The average Bonchev–Trinajstić information content (AvgIpc) is 2.87. The number of rotatable bonds is 3. The molecule has 1 saturated heterocycles. The van der Waals surface area contributed by atoms with Crippen LogP contribution in [0.15, 0.2) is 5.38 Å². The van der Waals surface area contributed by atoms with Crippen LogP contribution in [-0.2, 0) is 16.6 Å². The topological polar surface area (TPSA) is 22.1 Å². The van der Waals surface area contributed by atoms with Gasteiger partial charge < -0.3 is 4.74 Å². The van der Waals surface area contributed by atoms with Crippen molar-refractivity contribution in [3.8, 4) is 0 Å². The fraction of sp³-hybridized carbons (Fsp3) is 0.786. The van der Waals surface area contributed by atoms with Gasteiger partial charge in [-0.25, -0.2) is 4.98 Å². The molecule has 0 amide bonds. The van der Waals surface area contributed by atoms with Crippen LogP contribution in [0.1, 0.15) is 44.8 Å². The van der Waals surface area contributed by atoms with Gasteiger partial charge in [-0.3, -0.25) is 0 Å². The number of alkyl halides is 1. The van der Waals surface area contributed by atoms with E-state index in [4.69, 9.17) is 21.3 Å². The van der Waals surface area contributed by atoms with Crippen LogP contribution in [0.3, 0.4) is 0 Å². The van der Waals surface area contributed by atoms with Crippen molar-refractivity contribution in [1.82, 2.24) is 4.98 Å². The summed E-state index contributed by atoms with van der Waals surface area (Å²) in [5, 5.41) is 3.37. The monoisotopic (exact) mass is 287 g/mol. The lowest BCUT2D eigenvalue weighted by atomic mass is 9.80. The van der Waals surface area contributed by atoms with Crippen LogP contribution in [0, 0.1) is 5.41 Å². The Hall–Kier alpha value is -0.120. The van der Waals surface area contributed by atoms with E-state index in [2.05, 4.69) is 33.1 Å². The summed E-state index contributed by atoms with van der Waals surface area (Å²) in [5.74, 6) is 0.651. The summed E-state index contributed by atoms with van der Waals surface area (Å²) < 4.78 is 5.70. The molecule has 18 heavy (non-hydrogen) atoms. The van der Waals surface area contributed by atoms with Crippen LogP contribution in [0.25, 0.3) is 0 Å². The van der Waals surface area contributed by atoms with E-state index in [0.29, 0.717) is 5.88 Å². The summed E-state index contributed by atoms with van der Waals surface area (Å²) in [5.41, 5.74) is 1.38. The molecule has 1 aromatic rings. The van der Waals surface area contributed by atoms with Crippen LogP contribution in [0.4, 0.5) is 0 Å². The third-order valence-corrected chi connectivity index (χ3v) is 5.30. The first-order valence-electron chi connectivity index (χ1n) is 6.50. The molecule has 102 valence electrons. The van der Waals surface area contributed by atoms with Crippen molar-refractivity contribution in [2.45, 2.75) is 52.1 Å². The van der Waals surface area contributed by atoms with Gasteiger partial charge in [-0.1, -0.05) is 20.8 Å². The lowest BCUT2D eigenvalue weighted by molar-refractivity contribution is 0.0735. The fourth-order valence-corrected chi connectivity index (χ4v) is 3.93. The smallest absolute Gasteiger partial charge is 0.0935 e. The molecule has 0 aromatic carbocycles. The lowest BCUT2D eigenvalue weighted by Crippen LogP contribution is -2.33. The normalized spacial score (nSPS) is 28.8. The van der Waals surface area contributed by atoms with Crippen molar-refractivity contribution >= 4 is 22.9 Å². The Bertz CT molecular complexity index is 412. The summed E-state index contributed by atoms with van der Waals surface area (Å²) >= 11 is 7.96. The molecule has 0 radical (unpaired) electrons. The van der Waals surface area contributed by atoms with Gasteiger partial charge in [-0.2, -0.15) is 0 Å². The molecule has 1 aliphatic heterocycles. The maximum absolute atomic E-state index is 6.20. The number of hydrogen-bond donors (Lipinski definition) is 0. The quantitative estimate of drug-likeness (QED) is 0.784. The van der Waals surface area contributed by atoms with E-state index >= 15 is 0 Å². The minimum atomic E-state index is 0.0779. The molecule has 0 spiro atoms. The second-order valence-corrected chi connectivity index (χ2v) is 7.52. The lowest BCUT2D eigenvalue weighted by Gasteiger charge is -2.28. The molecular weight excluding hydrogens is 266 g/mol. The van der Waals surface area contributed by atoms with E-state index in [0.717, 1.165) is 19.4 Å². The van der Waals surface area contributed by atoms with Crippen molar-refractivity contribution < 1.29 is 4.74 Å². The van der Waals surface area contributed by atoms with Crippen molar-refractivity contribution in [3.63, 3.8) is 0 Å². The van der Waals surface area contributed by atoms with Gasteiger partial charge in [-0.05, 0) is 13.3 Å². The predicted octanol–water partition coefficient (Wildman–Crippen LogP) is 4.02. The Balaban J connectivity index is 2.16. The molecular formula is C14H22ClNOS. The van der Waals surface area contributed by atoms with E-state index in [1.807, 2.05) is 0 Å². The number of nitrogens with zero attached hydrogens (tertiary/aromatic N) is 1. The van der Waals surface area contributed by atoms with Crippen molar-refractivity contribution in [1.29, 1.82) is 0 Å². The number of aromatic nitrogens is 1. The molecule has 1 aliphatic rings. The van der Waals surface area contributed by atoms with Crippen molar-refractivity contribution in [2.75, 3.05) is 12.5 Å². The molecule has 2 heterocycles. The number of halogens is 1. The number of thiazole rings is 1. The van der Waals surface area contributed by atoms with Gasteiger partial charge in [0.1, 0.15) is 0 Å². The first kappa shape index (κ1) is 14.3. The molecule has 0 bridgehead atoms. The van der Waals surface area contributed by atoms with Crippen LogP contribution in [0.5, 0.6) is 0 Å². The molecule has 2 rings (SSSR count). The minimum Gasteiger partial charge on any atom is -0.378 e.